The highest BCUT2D eigenvalue weighted by Crippen LogP contribution is 2.44. The Morgan fingerprint density at radius 2 is 1.62 bits per heavy atom. The number of carbonyl (C=O) groups excluding carboxylic acids is 2. The second-order valence-corrected chi connectivity index (χ2v) is 9.25. The lowest BCUT2D eigenvalue weighted by molar-refractivity contribution is -0.158. The number of carbonyl (C=O) groups is 3. The molecule has 0 unspecified atom stereocenters. The number of likely N-dealkylation sites (N-methyl/N-ethyl adjacent to an activating group) is 1. The van der Waals surface area contributed by atoms with Crippen LogP contribution in [-0.4, -0.2) is 53.2 Å². The quantitative estimate of drug-likeness (QED) is 0.598. The number of ether oxygens (including phenoxy) is 1. The molecule has 0 aliphatic heterocycles. The third kappa shape index (κ3) is 4.27. The minimum absolute atomic E-state index is 0.0741. The van der Waals surface area contributed by atoms with Gasteiger partial charge in [0.05, 0.1) is 0 Å². The maximum absolute atomic E-state index is 13.2. The van der Waals surface area contributed by atoms with E-state index in [1.165, 1.54) is 11.9 Å². The minimum Gasteiger partial charge on any atom is -0.479 e. The van der Waals surface area contributed by atoms with Crippen LogP contribution in [0.1, 0.15) is 62.5 Å². The molecule has 2 aliphatic rings. The third-order valence-corrected chi connectivity index (χ3v) is 7.31. The van der Waals surface area contributed by atoms with Crippen LogP contribution in [0.15, 0.2) is 48.5 Å². The Morgan fingerprint density at radius 1 is 1.06 bits per heavy atom. The van der Waals surface area contributed by atoms with Crippen molar-refractivity contribution in [2.45, 2.75) is 62.9 Å². The molecule has 0 heterocycles. The molecule has 1 fully saturated rings. The second kappa shape index (κ2) is 9.87. The Bertz CT molecular complexity index is 1030. The molecule has 0 radical (unpaired) electrons. The molecule has 4 rings (SSSR count). The fourth-order valence-electron chi connectivity index (χ4n) is 5.43. The van der Waals surface area contributed by atoms with Gasteiger partial charge in [0, 0.05) is 13.0 Å². The molecule has 1 saturated carbocycles. The largest absolute Gasteiger partial charge is 0.479 e. The maximum Gasteiger partial charge on any atom is 0.407 e. The van der Waals surface area contributed by atoms with Crippen molar-refractivity contribution in [3.8, 4) is 11.1 Å². The number of carboxylic acids is 1. The summed E-state index contributed by atoms with van der Waals surface area (Å²) < 4.78 is 5.61. The van der Waals surface area contributed by atoms with Crippen molar-refractivity contribution >= 4 is 18.0 Å². The van der Waals surface area contributed by atoms with Crippen LogP contribution in [0.3, 0.4) is 0 Å². The Morgan fingerprint density at radius 3 is 2.15 bits per heavy atom. The molecule has 0 bridgehead atoms. The molecule has 0 saturated heterocycles. The summed E-state index contributed by atoms with van der Waals surface area (Å²) in [5.74, 6) is -1.45. The van der Waals surface area contributed by atoms with E-state index in [9.17, 15) is 19.5 Å². The zero-order valence-electron chi connectivity index (χ0n) is 19.8. The number of rotatable bonds is 8. The van der Waals surface area contributed by atoms with E-state index in [0.717, 1.165) is 35.1 Å². The van der Waals surface area contributed by atoms with E-state index in [0.29, 0.717) is 25.7 Å². The molecule has 2 N–H and O–H groups in total. The number of benzene rings is 2. The summed E-state index contributed by atoms with van der Waals surface area (Å²) in [6, 6.07) is 15.4. The smallest absolute Gasteiger partial charge is 0.407 e. The summed E-state index contributed by atoms with van der Waals surface area (Å²) in [6.07, 6.45) is 2.78. The van der Waals surface area contributed by atoms with Gasteiger partial charge in [-0.2, -0.15) is 0 Å². The van der Waals surface area contributed by atoms with Crippen molar-refractivity contribution in [1.82, 2.24) is 10.2 Å². The number of aliphatic carboxylic acids is 1. The van der Waals surface area contributed by atoms with Crippen LogP contribution < -0.4 is 5.32 Å². The minimum atomic E-state index is -1.20. The van der Waals surface area contributed by atoms with Crippen LogP contribution in [0.25, 0.3) is 11.1 Å². The number of hydrogen-bond acceptors (Lipinski definition) is 4. The average molecular weight is 465 g/mol. The average Bonchev–Trinajstić information content (AvgIpc) is 3.46. The van der Waals surface area contributed by atoms with E-state index < -0.39 is 23.6 Å². The van der Waals surface area contributed by atoms with Gasteiger partial charge in [0.25, 0.3) is 0 Å². The number of nitrogens with zero attached hydrogens (tertiary/aromatic N) is 1. The highest BCUT2D eigenvalue weighted by Gasteiger charge is 2.48. The molecule has 2 aromatic rings. The normalized spacial score (nSPS) is 16.9. The van der Waals surface area contributed by atoms with Crippen molar-refractivity contribution in [3.05, 3.63) is 59.7 Å². The zero-order chi connectivity index (χ0) is 24.3. The lowest BCUT2D eigenvalue weighted by Gasteiger charge is -2.37. The fourth-order valence-corrected chi connectivity index (χ4v) is 5.43. The van der Waals surface area contributed by atoms with Gasteiger partial charge in [-0.3, -0.25) is 4.79 Å². The molecule has 0 spiro atoms. The summed E-state index contributed by atoms with van der Waals surface area (Å²) in [6.45, 7) is 2.07. The number of alkyl carbamates (subject to hydrolysis) is 1. The van der Waals surface area contributed by atoms with E-state index in [1.807, 2.05) is 43.3 Å². The molecule has 1 atom stereocenters. The Labute approximate surface area is 200 Å². The molecular weight excluding hydrogens is 432 g/mol. The van der Waals surface area contributed by atoms with Gasteiger partial charge >= 0.3 is 12.1 Å². The van der Waals surface area contributed by atoms with Crippen LogP contribution >= 0.6 is 0 Å². The molecular formula is C27H32N2O5. The summed E-state index contributed by atoms with van der Waals surface area (Å²) in [7, 11) is 1.53. The van der Waals surface area contributed by atoms with Crippen molar-refractivity contribution < 1.29 is 24.2 Å². The van der Waals surface area contributed by atoms with E-state index in [4.69, 9.17) is 4.74 Å². The predicted molar refractivity (Wildman–Crippen MR) is 129 cm³/mol. The second-order valence-electron chi connectivity index (χ2n) is 9.25. The van der Waals surface area contributed by atoms with Crippen molar-refractivity contribution in [3.63, 3.8) is 0 Å². The summed E-state index contributed by atoms with van der Waals surface area (Å²) in [5.41, 5.74) is 3.31. The Balaban J connectivity index is 1.44. The summed E-state index contributed by atoms with van der Waals surface area (Å²) in [4.78, 5) is 39.3. The Kier molecular flexibility index (Phi) is 6.91. The zero-order valence-corrected chi connectivity index (χ0v) is 19.8. The summed E-state index contributed by atoms with van der Waals surface area (Å²) >= 11 is 0. The monoisotopic (exact) mass is 464 g/mol. The van der Waals surface area contributed by atoms with Gasteiger partial charge in [0.2, 0.25) is 5.91 Å². The number of carboxylic acid groups (broad SMARTS) is 1. The van der Waals surface area contributed by atoms with Gasteiger partial charge in [-0.05, 0) is 41.5 Å². The van der Waals surface area contributed by atoms with E-state index >= 15 is 0 Å². The highest BCUT2D eigenvalue weighted by atomic mass is 16.5. The van der Waals surface area contributed by atoms with Crippen LogP contribution in [0, 0.1) is 0 Å². The van der Waals surface area contributed by atoms with Crippen LogP contribution in [-0.2, 0) is 14.3 Å². The van der Waals surface area contributed by atoms with E-state index in [1.54, 1.807) is 0 Å². The van der Waals surface area contributed by atoms with Gasteiger partial charge in [-0.1, -0.05) is 74.7 Å². The van der Waals surface area contributed by atoms with Gasteiger partial charge < -0.3 is 20.1 Å². The van der Waals surface area contributed by atoms with Gasteiger partial charge in [0.15, 0.2) is 0 Å². The SMILES string of the molecule is CCC[C@H](NC(=O)OCC1c2ccccc2-c2ccccc21)C(=O)N(C)C1(C(=O)O)CCCC1. The molecule has 2 amide bonds. The Hall–Kier alpha value is -3.35. The first kappa shape index (κ1) is 23.8. The molecule has 0 aromatic heterocycles. The molecule has 7 nitrogen and oxygen atoms in total. The standard InChI is InChI=1S/C27H32N2O5/c1-3-10-23(24(30)29(2)27(25(31)32)15-8-9-16-27)28-26(33)34-17-22-20-13-6-4-11-18(20)19-12-5-7-14-21(19)22/h4-7,11-14,22-23H,3,8-10,15-17H2,1-2H3,(H,28,33)(H,31,32)/t23-/m0/s1. The lowest BCUT2D eigenvalue weighted by atomic mass is 9.94. The van der Waals surface area contributed by atoms with Crippen LogP contribution in [0.5, 0.6) is 0 Å². The molecule has 34 heavy (non-hydrogen) atoms. The first-order valence-corrected chi connectivity index (χ1v) is 12.0. The number of fused-ring (bicyclic) bond motifs is 3. The first-order chi connectivity index (χ1) is 16.4. The predicted octanol–water partition coefficient (Wildman–Crippen LogP) is 4.55. The highest BCUT2D eigenvalue weighted by molar-refractivity contribution is 5.91. The van der Waals surface area contributed by atoms with Crippen molar-refractivity contribution in [2.24, 2.45) is 0 Å². The summed E-state index contributed by atoms with van der Waals surface area (Å²) in [5, 5.41) is 12.5. The molecule has 2 aromatic carbocycles. The number of amides is 2. The van der Waals surface area contributed by atoms with E-state index in [2.05, 4.69) is 17.4 Å². The number of hydrogen-bond donors (Lipinski definition) is 2. The topological polar surface area (TPSA) is 95.9 Å². The fraction of sp³-hybridized carbons (Fsp3) is 0.444. The van der Waals surface area contributed by atoms with Crippen LogP contribution in [0.2, 0.25) is 0 Å². The first-order valence-electron chi connectivity index (χ1n) is 12.0. The van der Waals surface area contributed by atoms with Crippen molar-refractivity contribution in [2.75, 3.05) is 13.7 Å². The number of nitrogens with one attached hydrogen (secondary N) is 1. The maximum atomic E-state index is 13.2. The molecule has 7 heteroatoms. The van der Waals surface area contributed by atoms with Crippen LogP contribution in [0.4, 0.5) is 4.79 Å². The van der Waals surface area contributed by atoms with Crippen molar-refractivity contribution in [1.29, 1.82) is 0 Å². The van der Waals surface area contributed by atoms with E-state index in [-0.39, 0.29) is 18.4 Å². The third-order valence-electron chi connectivity index (χ3n) is 7.31. The lowest BCUT2D eigenvalue weighted by Crippen LogP contribution is -2.58. The van der Waals surface area contributed by atoms with Gasteiger partial charge in [-0.15, -0.1) is 0 Å². The van der Waals surface area contributed by atoms with Gasteiger partial charge in [0.1, 0.15) is 18.2 Å². The molecule has 2 aliphatic carbocycles. The molecule has 180 valence electrons. The van der Waals surface area contributed by atoms with Gasteiger partial charge in [-0.25, -0.2) is 9.59 Å².